The minimum absolute atomic E-state index is 0.00543. The lowest BCUT2D eigenvalue weighted by atomic mass is 9.67. The van der Waals surface area contributed by atoms with E-state index in [0.29, 0.717) is 25.9 Å². The molecule has 0 saturated carbocycles. The molecule has 3 aliphatic heterocycles. The molecule has 3 fully saturated rings. The molecule has 94 heavy (non-hydrogen) atoms. The van der Waals surface area contributed by atoms with E-state index < -0.39 is 92.2 Å². The molecule has 4 rings (SSSR count). The van der Waals surface area contributed by atoms with Crippen LogP contribution in [0.4, 0.5) is 5.69 Å². The highest BCUT2D eigenvalue weighted by molar-refractivity contribution is 6.03. The third-order valence-electron chi connectivity index (χ3n) is 16.9. The molecule has 3 aliphatic rings. The average Bonchev–Trinajstić information content (AvgIpc) is 1.61. The van der Waals surface area contributed by atoms with E-state index in [2.05, 4.69) is 45.7 Å². The molecule has 1 aromatic rings. The number of nitrogens with zero attached hydrogens (tertiary/aromatic N) is 1. The Morgan fingerprint density at radius 3 is 1.31 bits per heavy atom. The lowest BCUT2D eigenvalue weighted by Crippen LogP contribution is -2.64. The van der Waals surface area contributed by atoms with E-state index in [9.17, 15) is 69.3 Å². The summed E-state index contributed by atoms with van der Waals surface area (Å²) in [5.41, 5.74) is -0.214. The zero-order chi connectivity index (χ0) is 68.9. The van der Waals surface area contributed by atoms with Crippen LogP contribution < -0.4 is 31.9 Å². The number of aliphatic hydroxyl groups is 7. The molecule has 3 saturated heterocycles. The van der Waals surface area contributed by atoms with Crippen molar-refractivity contribution in [2.24, 2.45) is 10.8 Å². The van der Waals surface area contributed by atoms with Crippen molar-refractivity contribution >= 4 is 47.0 Å². The van der Waals surface area contributed by atoms with Crippen molar-refractivity contribution in [1.82, 2.24) is 31.5 Å². The van der Waals surface area contributed by atoms with E-state index in [1.807, 2.05) is 11.8 Å². The molecule has 3 heterocycles. The van der Waals surface area contributed by atoms with Crippen LogP contribution in [0.5, 0.6) is 0 Å². The smallest absolute Gasteiger partial charge is 0.251 e. The van der Waals surface area contributed by atoms with Gasteiger partial charge in [-0.25, -0.2) is 0 Å². The summed E-state index contributed by atoms with van der Waals surface area (Å²) in [5.74, 6) is -2.69. The normalized spacial score (nSPS) is 25.2. The molecule has 0 spiro atoms. The van der Waals surface area contributed by atoms with Crippen molar-refractivity contribution in [1.29, 1.82) is 0 Å². The van der Waals surface area contributed by atoms with Crippen LogP contribution in [0.2, 0.25) is 0 Å². The Labute approximate surface area is 550 Å². The number of likely N-dealkylation sites (tertiary alicyclic amines) is 1. The number of ether oxygens (including phenoxy) is 10. The van der Waals surface area contributed by atoms with Gasteiger partial charge in [0.1, 0.15) is 48.7 Å². The summed E-state index contributed by atoms with van der Waals surface area (Å²) in [6, 6.07) is 2.03. The number of carbonyl (C=O) groups excluding carboxylic acids is 7. The van der Waals surface area contributed by atoms with Crippen LogP contribution >= 0.6 is 0 Å². The highest BCUT2D eigenvalue weighted by Gasteiger charge is 2.52. The van der Waals surface area contributed by atoms with E-state index in [-0.39, 0.29) is 189 Å². The molecule has 13 N–H and O–H groups in total. The molecule has 0 aromatic heterocycles. The lowest BCUT2D eigenvalue weighted by Gasteiger charge is -2.42. The first kappa shape index (κ1) is 81.3. The number of amides is 7. The van der Waals surface area contributed by atoms with Crippen LogP contribution in [0, 0.1) is 10.8 Å². The van der Waals surface area contributed by atoms with Crippen molar-refractivity contribution in [2.75, 3.05) is 150 Å². The Morgan fingerprint density at radius 2 is 0.904 bits per heavy atom. The second-order valence-electron chi connectivity index (χ2n) is 23.9. The van der Waals surface area contributed by atoms with Crippen LogP contribution in [0.15, 0.2) is 18.2 Å². The second-order valence-corrected chi connectivity index (χ2v) is 23.9. The third-order valence-corrected chi connectivity index (χ3v) is 16.9. The number of hydrogen-bond donors (Lipinski definition) is 13. The molecule has 31 nitrogen and oxygen atoms in total. The Bertz CT molecular complexity index is 2290. The van der Waals surface area contributed by atoms with Crippen molar-refractivity contribution in [3.05, 3.63) is 29.3 Å². The van der Waals surface area contributed by atoms with Crippen LogP contribution in [0.25, 0.3) is 0 Å². The second kappa shape index (κ2) is 44.6. The predicted molar refractivity (Wildman–Crippen MR) is 337 cm³/mol. The van der Waals surface area contributed by atoms with Crippen LogP contribution in [-0.4, -0.2) is 288 Å². The number of aliphatic hydroxyl groups excluding tert-OH is 7. The molecule has 0 radical (unpaired) electrons. The number of hydrogen-bond acceptors (Lipinski definition) is 24. The number of anilines is 1. The first-order valence-corrected chi connectivity index (χ1v) is 32.9. The van der Waals surface area contributed by atoms with Crippen LogP contribution in [0.3, 0.4) is 0 Å². The minimum atomic E-state index is -1.43. The van der Waals surface area contributed by atoms with E-state index in [4.69, 9.17) is 47.4 Å². The summed E-state index contributed by atoms with van der Waals surface area (Å²) in [7, 11) is 0. The molecule has 1 aromatic carbocycles. The Hall–Kier alpha value is -5.17. The Balaban J connectivity index is 1.15. The van der Waals surface area contributed by atoms with Gasteiger partial charge in [0, 0.05) is 74.1 Å². The third kappa shape index (κ3) is 27.7. The summed E-state index contributed by atoms with van der Waals surface area (Å²) < 4.78 is 55.8. The molecular formula is C63H107N7O24. The van der Waals surface area contributed by atoms with Gasteiger partial charge in [-0.05, 0) is 42.9 Å². The van der Waals surface area contributed by atoms with Gasteiger partial charge < -0.3 is 120 Å². The van der Waals surface area contributed by atoms with Gasteiger partial charge >= 0.3 is 0 Å². The predicted octanol–water partition coefficient (Wildman–Crippen LogP) is -1.62. The Kier molecular flexibility index (Phi) is 38.6. The highest BCUT2D eigenvalue weighted by atomic mass is 16.7. The van der Waals surface area contributed by atoms with Gasteiger partial charge in [0.05, 0.1) is 119 Å². The topological polar surface area (TPSA) is 429 Å². The largest absolute Gasteiger partial charge is 0.396 e. The zero-order valence-electron chi connectivity index (χ0n) is 55.4. The first-order valence-electron chi connectivity index (χ1n) is 32.9. The molecule has 31 heteroatoms. The molecule has 538 valence electrons. The van der Waals surface area contributed by atoms with Gasteiger partial charge in [-0.3, -0.25) is 33.6 Å². The quantitative estimate of drug-likeness (QED) is 0.0326. The number of unbranched alkanes of at least 4 members (excludes halogenated alkanes) is 5. The van der Waals surface area contributed by atoms with Crippen LogP contribution in [0.1, 0.15) is 126 Å². The standard InChI is InChI=1S/C63H107N7O24/c1-6-47(74)68-52-56(81)54(79)45(37-71)93-60(52)91-31-29-89-27-25-87-23-21-85-19-17-64-58(83)42-33-43(59(84)65-18-20-86-22-24-88-26-28-90-30-32-92-61-53(69-48(75)7-2)57(82)55(80)46(38-72)94-61)35-44(34-42)67-50(77)36-66-49(76)15-13-11-9-10-12-14-16-51(78)70-39-62(4,8-3)63(5,40-70)41-73/h33-35,45-46,52-57,60-61,71-73,79-82H,6-32,36-41H2,1-5H3,(H,64,83)(H,65,84)(H,66,76)(H,67,77)(H,68,74)(H,69,75)/t45-,46-,52-,53-,54+,55+,56-,57-,60?,61?,62?,63?/m1/s1. The first-order chi connectivity index (χ1) is 45.2. The summed E-state index contributed by atoms with van der Waals surface area (Å²) in [6.07, 6.45) is -3.54. The van der Waals surface area contributed by atoms with E-state index in [1.54, 1.807) is 13.8 Å². The van der Waals surface area contributed by atoms with Gasteiger partial charge in [-0.2, -0.15) is 0 Å². The molecule has 0 bridgehead atoms. The number of carbonyl (C=O) groups is 7. The SMILES string of the molecule is CCC(=O)N[C@H]1C(OCCOCCOCCOCCNC(=O)c2cc(NC(=O)CNC(=O)CCCCCCCCC(=O)N3CC(C)(CC)C(C)(CO)C3)cc(C(=O)NCCOCCOCCOCCOC3O[C@H](CO)[C@H](O)[C@H](O)[C@H]3NC(=O)CC)c2)O[C@H](CO)[C@H](O)[C@@H]1O. The van der Waals surface area contributed by atoms with Crippen molar-refractivity contribution in [3.63, 3.8) is 0 Å². The monoisotopic (exact) mass is 1350 g/mol. The maximum Gasteiger partial charge on any atom is 0.251 e. The van der Waals surface area contributed by atoms with Gasteiger partial charge in [0.15, 0.2) is 12.6 Å². The van der Waals surface area contributed by atoms with Crippen LogP contribution in [-0.2, 0) is 71.3 Å². The molecule has 0 aliphatic carbocycles. The van der Waals surface area contributed by atoms with E-state index in [1.165, 1.54) is 18.2 Å². The summed E-state index contributed by atoms with van der Waals surface area (Å²) in [5, 5.41) is 86.5. The molecule has 4 unspecified atom stereocenters. The van der Waals surface area contributed by atoms with Gasteiger partial charge in [-0.15, -0.1) is 0 Å². The minimum Gasteiger partial charge on any atom is -0.396 e. The number of rotatable bonds is 48. The van der Waals surface area contributed by atoms with Gasteiger partial charge in [0.25, 0.3) is 11.8 Å². The summed E-state index contributed by atoms with van der Waals surface area (Å²) in [4.78, 5) is 91.6. The van der Waals surface area contributed by atoms with Crippen molar-refractivity contribution in [3.8, 4) is 0 Å². The summed E-state index contributed by atoms with van der Waals surface area (Å²) in [6.45, 7) is 11.4. The highest BCUT2D eigenvalue weighted by Crippen LogP contribution is 2.48. The summed E-state index contributed by atoms with van der Waals surface area (Å²) >= 11 is 0. The van der Waals surface area contributed by atoms with Crippen molar-refractivity contribution < 1.29 is 117 Å². The fourth-order valence-electron chi connectivity index (χ4n) is 10.6. The average molecular weight is 1350 g/mol. The fraction of sp³-hybridized carbons (Fsp3) is 0.794. The Morgan fingerprint density at radius 1 is 0.500 bits per heavy atom. The number of benzene rings is 1. The molecule has 7 amide bonds. The lowest BCUT2D eigenvalue weighted by molar-refractivity contribution is -0.272. The van der Waals surface area contributed by atoms with E-state index in [0.717, 1.165) is 38.5 Å². The van der Waals surface area contributed by atoms with Gasteiger partial charge in [-0.1, -0.05) is 60.3 Å². The van der Waals surface area contributed by atoms with E-state index >= 15 is 0 Å². The van der Waals surface area contributed by atoms with Gasteiger partial charge in [0.2, 0.25) is 29.5 Å². The molecular weight excluding hydrogens is 1240 g/mol. The molecule has 12 atom stereocenters. The fourth-order valence-corrected chi connectivity index (χ4v) is 10.6. The maximum atomic E-state index is 13.4. The maximum absolute atomic E-state index is 13.4. The van der Waals surface area contributed by atoms with Crippen molar-refractivity contribution in [2.45, 2.75) is 167 Å². The zero-order valence-corrected chi connectivity index (χ0v) is 55.4. The number of nitrogens with one attached hydrogen (secondary N) is 6.